The number of hydrogen-bond donors (Lipinski definition) is 1. The molecule has 0 aliphatic heterocycles. The third kappa shape index (κ3) is 3.07. The molecule has 1 aromatic heterocycles. The molecule has 1 unspecified atom stereocenters. The smallest absolute Gasteiger partial charge is 0.146 e. The summed E-state index contributed by atoms with van der Waals surface area (Å²) in [6.45, 7) is 6.23. The van der Waals surface area contributed by atoms with Crippen LogP contribution in [0.2, 0.25) is 0 Å². The lowest BCUT2D eigenvalue weighted by Crippen LogP contribution is -2.20. The summed E-state index contributed by atoms with van der Waals surface area (Å²) in [5.74, 6) is -0.316. The maximum Gasteiger partial charge on any atom is 0.146 e. The van der Waals surface area contributed by atoms with Crippen molar-refractivity contribution in [2.45, 2.75) is 33.2 Å². The van der Waals surface area contributed by atoms with E-state index < -0.39 is 0 Å². The zero-order valence-corrected chi connectivity index (χ0v) is 8.92. The quantitative estimate of drug-likeness (QED) is 0.789. The molecule has 0 aromatic carbocycles. The molecule has 0 radical (unpaired) electrons. The molecule has 0 saturated heterocycles. The first-order valence-corrected chi connectivity index (χ1v) is 4.76. The maximum atomic E-state index is 13.3. The molecule has 0 spiro atoms. The van der Waals surface area contributed by atoms with Gasteiger partial charge >= 0.3 is 0 Å². The zero-order chi connectivity index (χ0) is 10.8. The zero-order valence-electron chi connectivity index (χ0n) is 8.92. The minimum absolute atomic E-state index is 0.0867. The standard InChI is InChI=1S/C11H17FN2/c1-11(2,3)7-9(13)10-8(12)5-4-6-14-10/h4-6,9H,7,13H2,1-3H3. The van der Waals surface area contributed by atoms with E-state index >= 15 is 0 Å². The van der Waals surface area contributed by atoms with Gasteiger partial charge in [0.05, 0.1) is 11.7 Å². The monoisotopic (exact) mass is 196 g/mol. The van der Waals surface area contributed by atoms with E-state index in [2.05, 4.69) is 25.8 Å². The van der Waals surface area contributed by atoms with E-state index in [4.69, 9.17) is 5.73 Å². The maximum absolute atomic E-state index is 13.3. The lowest BCUT2D eigenvalue weighted by atomic mass is 9.87. The van der Waals surface area contributed by atoms with Crippen molar-refractivity contribution in [1.82, 2.24) is 4.98 Å². The number of rotatable bonds is 2. The van der Waals surface area contributed by atoms with Crippen molar-refractivity contribution >= 4 is 0 Å². The van der Waals surface area contributed by atoms with Crippen LogP contribution in [0.5, 0.6) is 0 Å². The lowest BCUT2D eigenvalue weighted by Gasteiger charge is -2.22. The van der Waals surface area contributed by atoms with Gasteiger partial charge < -0.3 is 5.73 Å². The van der Waals surface area contributed by atoms with Gasteiger partial charge in [-0.3, -0.25) is 4.98 Å². The fourth-order valence-corrected chi connectivity index (χ4v) is 1.43. The number of hydrogen-bond acceptors (Lipinski definition) is 2. The molecule has 3 heteroatoms. The van der Waals surface area contributed by atoms with E-state index in [1.807, 2.05) is 0 Å². The number of aromatic nitrogens is 1. The van der Waals surface area contributed by atoms with E-state index in [0.29, 0.717) is 5.69 Å². The Morgan fingerprint density at radius 3 is 2.64 bits per heavy atom. The van der Waals surface area contributed by atoms with Crippen molar-refractivity contribution in [3.8, 4) is 0 Å². The Labute approximate surface area is 84.3 Å². The first-order chi connectivity index (χ1) is 6.40. The highest BCUT2D eigenvalue weighted by atomic mass is 19.1. The van der Waals surface area contributed by atoms with Crippen LogP contribution in [0.25, 0.3) is 0 Å². The van der Waals surface area contributed by atoms with Crippen molar-refractivity contribution in [2.24, 2.45) is 11.1 Å². The van der Waals surface area contributed by atoms with Gasteiger partial charge in [-0.25, -0.2) is 4.39 Å². The average Bonchev–Trinajstić information content (AvgIpc) is 2.01. The summed E-state index contributed by atoms with van der Waals surface area (Å²) < 4.78 is 13.3. The van der Waals surface area contributed by atoms with Gasteiger partial charge in [-0.2, -0.15) is 0 Å². The molecule has 0 bridgehead atoms. The Balaban J connectivity index is 2.80. The van der Waals surface area contributed by atoms with Gasteiger partial charge in [0.15, 0.2) is 0 Å². The fourth-order valence-electron chi connectivity index (χ4n) is 1.43. The van der Waals surface area contributed by atoms with Gasteiger partial charge in [-0.15, -0.1) is 0 Å². The largest absolute Gasteiger partial charge is 0.323 e. The van der Waals surface area contributed by atoms with Crippen LogP contribution in [0.3, 0.4) is 0 Å². The summed E-state index contributed by atoms with van der Waals surface area (Å²) in [5, 5.41) is 0. The van der Waals surface area contributed by atoms with Crippen molar-refractivity contribution in [2.75, 3.05) is 0 Å². The predicted octanol–water partition coefficient (Wildman–Crippen LogP) is 2.66. The molecule has 0 amide bonds. The second-order valence-electron chi connectivity index (χ2n) is 4.74. The fraction of sp³-hybridized carbons (Fsp3) is 0.545. The van der Waals surface area contributed by atoms with E-state index in [9.17, 15) is 4.39 Å². The van der Waals surface area contributed by atoms with Crippen molar-refractivity contribution in [3.63, 3.8) is 0 Å². The van der Waals surface area contributed by atoms with E-state index in [0.717, 1.165) is 6.42 Å². The van der Waals surface area contributed by atoms with Crippen LogP contribution in [0.15, 0.2) is 18.3 Å². The Morgan fingerprint density at radius 1 is 1.50 bits per heavy atom. The molecule has 0 aliphatic carbocycles. The van der Waals surface area contributed by atoms with Crippen LogP contribution >= 0.6 is 0 Å². The van der Waals surface area contributed by atoms with Crippen LogP contribution < -0.4 is 5.73 Å². The summed E-state index contributed by atoms with van der Waals surface area (Å²) in [4.78, 5) is 3.96. The van der Waals surface area contributed by atoms with Crippen molar-refractivity contribution < 1.29 is 4.39 Å². The van der Waals surface area contributed by atoms with E-state index in [1.54, 1.807) is 12.3 Å². The molecule has 0 fully saturated rings. The number of pyridine rings is 1. The highest BCUT2D eigenvalue weighted by Crippen LogP contribution is 2.27. The molecule has 0 aliphatic rings. The number of nitrogens with two attached hydrogens (primary N) is 1. The summed E-state index contributed by atoms with van der Waals surface area (Å²) >= 11 is 0. The molecular formula is C11H17FN2. The second kappa shape index (κ2) is 4.05. The molecule has 78 valence electrons. The average molecular weight is 196 g/mol. The van der Waals surface area contributed by atoms with Crippen molar-refractivity contribution in [1.29, 1.82) is 0 Å². The van der Waals surface area contributed by atoms with Gasteiger partial charge in [0.2, 0.25) is 0 Å². The minimum atomic E-state index is -0.323. The van der Waals surface area contributed by atoms with Crippen LogP contribution in [-0.2, 0) is 0 Å². The highest BCUT2D eigenvalue weighted by Gasteiger charge is 2.20. The van der Waals surface area contributed by atoms with Crippen LogP contribution in [0.4, 0.5) is 4.39 Å². The van der Waals surface area contributed by atoms with Crippen molar-refractivity contribution in [3.05, 3.63) is 29.8 Å². The molecule has 1 heterocycles. The Morgan fingerprint density at radius 2 is 2.14 bits per heavy atom. The highest BCUT2D eigenvalue weighted by molar-refractivity contribution is 5.11. The van der Waals surface area contributed by atoms with Crippen LogP contribution in [-0.4, -0.2) is 4.98 Å². The summed E-state index contributed by atoms with van der Waals surface area (Å²) in [6, 6.07) is 2.64. The van der Waals surface area contributed by atoms with E-state index in [-0.39, 0.29) is 17.3 Å². The first-order valence-electron chi connectivity index (χ1n) is 4.76. The number of nitrogens with zero attached hydrogens (tertiary/aromatic N) is 1. The Kier molecular flexibility index (Phi) is 3.21. The van der Waals surface area contributed by atoms with Gasteiger partial charge in [0.1, 0.15) is 5.82 Å². The van der Waals surface area contributed by atoms with Gasteiger partial charge in [0, 0.05) is 6.20 Å². The summed E-state index contributed by atoms with van der Waals surface area (Å²) in [5.41, 5.74) is 6.33. The number of halogens is 1. The normalized spacial score (nSPS) is 14.1. The third-order valence-corrected chi connectivity index (χ3v) is 1.97. The van der Waals surface area contributed by atoms with Gasteiger partial charge in [-0.05, 0) is 24.0 Å². The van der Waals surface area contributed by atoms with E-state index in [1.165, 1.54) is 6.07 Å². The molecule has 14 heavy (non-hydrogen) atoms. The molecule has 0 saturated carbocycles. The van der Waals surface area contributed by atoms with Gasteiger partial charge in [-0.1, -0.05) is 20.8 Å². The Hall–Kier alpha value is -0.960. The van der Waals surface area contributed by atoms with Gasteiger partial charge in [0.25, 0.3) is 0 Å². The summed E-state index contributed by atoms with van der Waals surface area (Å²) in [6.07, 6.45) is 2.29. The second-order valence-corrected chi connectivity index (χ2v) is 4.74. The molecule has 2 N–H and O–H groups in total. The molecule has 2 nitrogen and oxygen atoms in total. The molecule has 1 rings (SSSR count). The lowest BCUT2D eigenvalue weighted by molar-refractivity contribution is 0.335. The minimum Gasteiger partial charge on any atom is -0.323 e. The summed E-state index contributed by atoms with van der Waals surface area (Å²) in [7, 11) is 0. The molecular weight excluding hydrogens is 179 g/mol. The topological polar surface area (TPSA) is 38.9 Å². The van der Waals surface area contributed by atoms with Crippen LogP contribution in [0, 0.1) is 11.2 Å². The van der Waals surface area contributed by atoms with Crippen LogP contribution in [0.1, 0.15) is 38.9 Å². The molecule has 1 atom stereocenters. The SMILES string of the molecule is CC(C)(C)CC(N)c1ncccc1F. The Bertz CT molecular complexity index is 304. The predicted molar refractivity (Wildman–Crippen MR) is 55.2 cm³/mol. The first kappa shape index (κ1) is 11.1. The molecule has 1 aromatic rings. The third-order valence-electron chi connectivity index (χ3n) is 1.97.